The fourth-order valence-electron chi connectivity index (χ4n) is 4.40. The summed E-state index contributed by atoms with van der Waals surface area (Å²) in [7, 11) is 0. The van der Waals surface area contributed by atoms with Crippen LogP contribution in [0.15, 0.2) is 75.9 Å². The number of amides is 1. The molecule has 0 aliphatic carbocycles. The van der Waals surface area contributed by atoms with Crippen LogP contribution in [0.3, 0.4) is 0 Å². The van der Waals surface area contributed by atoms with Crippen molar-refractivity contribution in [2.75, 3.05) is 4.90 Å². The molecule has 2 heterocycles. The second-order valence-corrected chi connectivity index (χ2v) is 9.60. The van der Waals surface area contributed by atoms with Crippen LogP contribution >= 0.6 is 0 Å². The van der Waals surface area contributed by atoms with Crippen LogP contribution in [-0.2, 0) is 5.41 Å². The summed E-state index contributed by atoms with van der Waals surface area (Å²) in [5.74, 6) is -0.910. The summed E-state index contributed by atoms with van der Waals surface area (Å²) in [6.45, 7) is 8.36. The summed E-state index contributed by atoms with van der Waals surface area (Å²) in [5, 5.41) is 0.128. The molecular weight excluding hydrogens is 417 g/mol. The minimum absolute atomic E-state index is 0.00424. The summed E-state index contributed by atoms with van der Waals surface area (Å²) in [6.07, 6.45) is 0. The zero-order valence-electron chi connectivity index (χ0n) is 19.0. The van der Waals surface area contributed by atoms with Crippen LogP contribution in [0, 0.1) is 12.7 Å². The second kappa shape index (κ2) is 7.41. The van der Waals surface area contributed by atoms with Gasteiger partial charge in [-0.05, 0) is 53.8 Å². The van der Waals surface area contributed by atoms with E-state index < -0.39 is 17.3 Å². The predicted octanol–water partition coefficient (Wildman–Crippen LogP) is 6.29. The number of carbonyl (C=O) groups excluding carboxylic acids is 1. The van der Waals surface area contributed by atoms with Gasteiger partial charge in [0.25, 0.3) is 5.91 Å². The molecule has 5 rings (SSSR count). The van der Waals surface area contributed by atoms with E-state index in [1.807, 2.05) is 55.5 Å². The Balaban J connectivity index is 1.77. The van der Waals surface area contributed by atoms with Gasteiger partial charge in [-0.25, -0.2) is 4.39 Å². The molecule has 0 radical (unpaired) electrons. The van der Waals surface area contributed by atoms with Gasteiger partial charge in [0.15, 0.2) is 5.43 Å². The first-order chi connectivity index (χ1) is 15.6. The summed E-state index contributed by atoms with van der Waals surface area (Å²) in [6, 6.07) is 18.6. The van der Waals surface area contributed by atoms with Gasteiger partial charge in [-0.1, -0.05) is 62.7 Å². The molecule has 166 valence electrons. The van der Waals surface area contributed by atoms with Crippen molar-refractivity contribution in [3.05, 3.63) is 111 Å². The molecule has 0 bridgehead atoms. The largest absolute Gasteiger partial charge is 0.450 e. The van der Waals surface area contributed by atoms with E-state index in [0.29, 0.717) is 5.69 Å². The van der Waals surface area contributed by atoms with Crippen molar-refractivity contribution in [1.29, 1.82) is 0 Å². The van der Waals surface area contributed by atoms with Gasteiger partial charge in [-0.15, -0.1) is 0 Å². The van der Waals surface area contributed by atoms with Gasteiger partial charge in [0.2, 0.25) is 5.76 Å². The Bertz CT molecular complexity index is 1440. The maximum absolute atomic E-state index is 13.9. The minimum atomic E-state index is -0.673. The zero-order valence-corrected chi connectivity index (χ0v) is 19.0. The molecule has 1 aliphatic rings. The average molecular weight is 442 g/mol. The SMILES string of the molecule is Cc1ccc(N2C(=O)c3oc4ccc(F)cc4c(=O)c3C2c2ccc(C(C)(C)C)cc2)cc1. The molecule has 1 aliphatic heterocycles. The molecule has 0 saturated heterocycles. The first kappa shape index (κ1) is 21.1. The van der Waals surface area contributed by atoms with E-state index in [2.05, 4.69) is 20.8 Å². The molecule has 1 amide bonds. The molecule has 33 heavy (non-hydrogen) atoms. The third-order valence-corrected chi connectivity index (χ3v) is 6.24. The van der Waals surface area contributed by atoms with Gasteiger partial charge in [0, 0.05) is 5.69 Å². The van der Waals surface area contributed by atoms with Crippen molar-refractivity contribution in [3.8, 4) is 0 Å². The van der Waals surface area contributed by atoms with Gasteiger partial charge >= 0.3 is 0 Å². The lowest BCUT2D eigenvalue weighted by Gasteiger charge is -2.26. The van der Waals surface area contributed by atoms with E-state index in [4.69, 9.17) is 4.42 Å². The lowest BCUT2D eigenvalue weighted by Crippen LogP contribution is -2.29. The van der Waals surface area contributed by atoms with Crippen molar-refractivity contribution in [1.82, 2.24) is 0 Å². The van der Waals surface area contributed by atoms with E-state index >= 15 is 0 Å². The summed E-state index contributed by atoms with van der Waals surface area (Å²) < 4.78 is 19.8. The fraction of sp³-hybridized carbons (Fsp3) is 0.214. The Morgan fingerprint density at radius 1 is 0.909 bits per heavy atom. The van der Waals surface area contributed by atoms with Crippen LogP contribution in [0.4, 0.5) is 10.1 Å². The molecule has 0 saturated carbocycles. The molecule has 3 aromatic carbocycles. The maximum Gasteiger partial charge on any atom is 0.295 e. The molecular formula is C28H24FNO3. The van der Waals surface area contributed by atoms with Crippen molar-refractivity contribution >= 4 is 22.6 Å². The van der Waals surface area contributed by atoms with E-state index in [1.54, 1.807) is 4.90 Å². The number of rotatable bonds is 2. The Morgan fingerprint density at radius 3 is 2.21 bits per heavy atom. The molecule has 1 atom stereocenters. The summed E-state index contributed by atoms with van der Waals surface area (Å²) in [4.78, 5) is 28.7. The number of anilines is 1. The quantitative estimate of drug-likeness (QED) is 0.367. The van der Waals surface area contributed by atoms with Gasteiger partial charge in [-0.3, -0.25) is 14.5 Å². The van der Waals surface area contributed by atoms with E-state index in [-0.39, 0.29) is 33.6 Å². The first-order valence-electron chi connectivity index (χ1n) is 10.9. The fourth-order valence-corrected chi connectivity index (χ4v) is 4.40. The van der Waals surface area contributed by atoms with E-state index in [9.17, 15) is 14.0 Å². The molecule has 1 unspecified atom stereocenters. The van der Waals surface area contributed by atoms with Gasteiger partial charge in [0.05, 0.1) is 17.0 Å². The van der Waals surface area contributed by atoms with Crippen molar-refractivity contribution < 1.29 is 13.6 Å². The summed E-state index contributed by atoms with van der Waals surface area (Å²) in [5.41, 5.74) is 3.66. The van der Waals surface area contributed by atoms with E-state index in [0.717, 1.165) is 16.7 Å². The number of hydrogen-bond acceptors (Lipinski definition) is 3. The van der Waals surface area contributed by atoms with Crippen molar-refractivity contribution in [3.63, 3.8) is 0 Å². The highest BCUT2D eigenvalue weighted by molar-refractivity contribution is 6.10. The Labute approximate surface area is 191 Å². The highest BCUT2D eigenvalue weighted by Crippen LogP contribution is 2.41. The van der Waals surface area contributed by atoms with Gasteiger partial charge in [-0.2, -0.15) is 0 Å². The monoisotopic (exact) mass is 441 g/mol. The highest BCUT2D eigenvalue weighted by atomic mass is 19.1. The third kappa shape index (κ3) is 3.44. The molecule has 4 nitrogen and oxygen atoms in total. The van der Waals surface area contributed by atoms with Gasteiger partial charge in [0.1, 0.15) is 11.4 Å². The lowest BCUT2D eigenvalue weighted by atomic mass is 9.86. The molecule has 1 aromatic heterocycles. The van der Waals surface area contributed by atoms with Crippen LogP contribution < -0.4 is 10.3 Å². The lowest BCUT2D eigenvalue weighted by molar-refractivity contribution is 0.0971. The highest BCUT2D eigenvalue weighted by Gasteiger charge is 2.43. The third-order valence-electron chi connectivity index (χ3n) is 6.24. The van der Waals surface area contributed by atoms with Crippen LogP contribution in [0.25, 0.3) is 11.0 Å². The van der Waals surface area contributed by atoms with Gasteiger partial charge < -0.3 is 4.42 Å². The number of aryl methyl sites for hydroxylation is 1. The number of halogens is 1. The predicted molar refractivity (Wildman–Crippen MR) is 127 cm³/mol. The number of fused-ring (bicyclic) bond motifs is 2. The number of hydrogen-bond donors (Lipinski definition) is 0. The number of carbonyl (C=O) groups is 1. The Hall–Kier alpha value is -3.73. The topological polar surface area (TPSA) is 50.5 Å². The molecule has 0 spiro atoms. The Kier molecular flexibility index (Phi) is 4.74. The molecule has 0 fully saturated rings. The maximum atomic E-state index is 13.9. The van der Waals surface area contributed by atoms with Crippen LogP contribution in [0.1, 0.15) is 59.6 Å². The minimum Gasteiger partial charge on any atom is -0.450 e. The van der Waals surface area contributed by atoms with Crippen molar-refractivity contribution in [2.45, 2.75) is 39.2 Å². The van der Waals surface area contributed by atoms with Crippen LogP contribution in [0.2, 0.25) is 0 Å². The normalized spacial score (nSPS) is 15.8. The standard InChI is InChI=1S/C28H24FNO3/c1-16-5-12-20(13-6-16)30-24(17-7-9-18(10-8-17)28(2,3)4)23-25(31)21-15-19(29)11-14-22(21)33-26(23)27(30)32/h5-15,24H,1-4H3. The smallest absolute Gasteiger partial charge is 0.295 e. The van der Waals surface area contributed by atoms with E-state index in [1.165, 1.54) is 18.2 Å². The molecule has 5 heteroatoms. The number of benzene rings is 3. The molecule has 4 aromatic rings. The number of nitrogens with zero attached hydrogens (tertiary/aromatic N) is 1. The Morgan fingerprint density at radius 2 is 1.58 bits per heavy atom. The molecule has 0 N–H and O–H groups in total. The average Bonchev–Trinajstić information content (AvgIpc) is 3.07. The zero-order chi connectivity index (χ0) is 23.5. The summed E-state index contributed by atoms with van der Waals surface area (Å²) >= 11 is 0. The van der Waals surface area contributed by atoms with Crippen molar-refractivity contribution in [2.24, 2.45) is 0 Å². The first-order valence-corrected chi connectivity index (χ1v) is 10.9. The van der Waals surface area contributed by atoms with Crippen LogP contribution in [0.5, 0.6) is 0 Å². The second-order valence-electron chi connectivity index (χ2n) is 9.60. The van der Waals surface area contributed by atoms with Crippen LogP contribution in [-0.4, -0.2) is 5.91 Å².